The molecule has 10 heteroatoms. The number of nitrogens with zero attached hydrogens (tertiary/aromatic N) is 2. The zero-order valence-electron chi connectivity index (χ0n) is 15.8. The van der Waals surface area contributed by atoms with Crippen LogP contribution in [0.2, 0.25) is 5.02 Å². The molecule has 0 saturated heterocycles. The number of carbonyl (C=O) groups is 1. The summed E-state index contributed by atoms with van der Waals surface area (Å²) in [5, 5.41) is 7.67. The molecule has 1 atom stereocenters. The first-order chi connectivity index (χ1) is 13.9. The van der Waals surface area contributed by atoms with Crippen molar-refractivity contribution in [3.8, 4) is 17.2 Å². The van der Waals surface area contributed by atoms with Gasteiger partial charge in [-0.25, -0.2) is 4.68 Å². The molecule has 0 spiro atoms. The van der Waals surface area contributed by atoms with E-state index in [4.69, 9.17) is 33.3 Å². The van der Waals surface area contributed by atoms with Crippen molar-refractivity contribution in [2.24, 2.45) is 0 Å². The Morgan fingerprint density at radius 1 is 1.21 bits per heavy atom. The van der Waals surface area contributed by atoms with E-state index in [1.54, 1.807) is 49.2 Å². The van der Waals surface area contributed by atoms with Crippen LogP contribution in [-0.4, -0.2) is 35.2 Å². The van der Waals surface area contributed by atoms with Gasteiger partial charge in [-0.1, -0.05) is 34.7 Å². The number of benzene rings is 2. The van der Waals surface area contributed by atoms with Gasteiger partial charge >= 0.3 is 0 Å². The van der Waals surface area contributed by atoms with Gasteiger partial charge in [0.1, 0.15) is 11.5 Å². The van der Waals surface area contributed by atoms with Crippen molar-refractivity contribution in [2.75, 3.05) is 19.5 Å². The van der Waals surface area contributed by atoms with Gasteiger partial charge in [0.15, 0.2) is 8.29 Å². The van der Waals surface area contributed by atoms with E-state index in [0.29, 0.717) is 30.5 Å². The Balaban J connectivity index is 1.71. The highest BCUT2D eigenvalue weighted by atomic mass is 35.5. The standard InChI is InChI=1S/C19H18ClN3O3S3/c1-11(17(24)21-13-8-15(25-2)10-16(9-13)26-3)28-18-22-23(19(27)29-18)14-6-4-12(20)5-7-14/h4-11H,1-3H3,(H,21,24). The minimum Gasteiger partial charge on any atom is -0.497 e. The number of aromatic nitrogens is 2. The van der Waals surface area contributed by atoms with Crippen LogP contribution in [0.15, 0.2) is 46.8 Å². The van der Waals surface area contributed by atoms with E-state index >= 15 is 0 Å². The van der Waals surface area contributed by atoms with E-state index in [0.717, 1.165) is 5.69 Å². The third-order valence-electron chi connectivity index (χ3n) is 3.87. The molecule has 0 radical (unpaired) electrons. The van der Waals surface area contributed by atoms with Gasteiger partial charge in [-0.3, -0.25) is 4.79 Å². The van der Waals surface area contributed by atoms with Gasteiger partial charge in [0.2, 0.25) is 5.91 Å². The van der Waals surface area contributed by atoms with Crippen molar-refractivity contribution in [2.45, 2.75) is 16.5 Å². The highest BCUT2D eigenvalue weighted by Gasteiger charge is 2.18. The number of amides is 1. The van der Waals surface area contributed by atoms with Crippen molar-refractivity contribution >= 4 is 58.5 Å². The van der Waals surface area contributed by atoms with Crippen LogP contribution in [0.5, 0.6) is 11.5 Å². The first-order valence-corrected chi connectivity index (χ1v) is 10.9. The van der Waals surface area contributed by atoms with Crippen LogP contribution in [0.3, 0.4) is 0 Å². The van der Waals surface area contributed by atoms with Gasteiger partial charge in [-0.05, 0) is 43.4 Å². The number of anilines is 1. The summed E-state index contributed by atoms with van der Waals surface area (Å²) in [5.41, 5.74) is 1.42. The molecule has 0 fully saturated rings. The van der Waals surface area contributed by atoms with Crippen molar-refractivity contribution in [1.29, 1.82) is 0 Å². The zero-order valence-corrected chi connectivity index (χ0v) is 19.0. The van der Waals surface area contributed by atoms with Gasteiger partial charge < -0.3 is 14.8 Å². The molecule has 0 bridgehead atoms. The Kier molecular flexibility index (Phi) is 7.18. The van der Waals surface area contributed by atoms with Crippen molar-refractivity contribution in [3.63, 3.8) is 0 Å². The zero-order chi connectivity index (χ0) is 21.0. The summed E-state index contributed by atoms with van der Waals surface area (Å²) in [6.07, 6.45) is 0. The number of methoxy groups -OCH3 is 2. The molecule has 0 aliphatic heterocycles. The predicted octanol–water partition coefficient (Wildman–Crippen LogP) is 5.45. The topological polar surface area (TPSA) is 65.4 Å². The fourth-order valence-electron chi connectivity index (χ4n) is 2.38. The molecule has 29 heavy (non-hydrogen) atoms. The molecule has 6 nitrogen and oxygen atoms in total. The van der Waals surface area contributed by atoms with Gasteiger partial charge in [0.25, 0.3) is 0 Å². The second kappa shape index (κ2) is 9.62. The number of thioether (sulfide) groups is 1. The average Bonchev–Trinajstić information content (AvgIpc) is 3.08. The summed E-state index contributed by atoms with van der Waals surface area (Å²) in [6, 6.07) is 12.5. The summed E-state index contributed by atoms with van der Waals surface area (Å²) < 4.78 is 13.4. The normalized spacial score (nSPS) is 11.7. The number of nitrogens with one attached hydrogen (secondary N) is 1. The molecule has 2 aromatic carbocycles. The molecule has 1 amide bonds. The minimum atomic E-state index is -0.383. The lowest BCUT2D eigenvalue weighted by atomic mass is 10.2. The third-order valence-corrected chi connectivity index (χ3v) is 6.53. The maximum absolute atomic E-state index is 12.6. The minimum absolute atomic E-state index is 0.163. The van der Waals surface area contributed by atoms with Crippen molar-refractivity contribution in [3.05, 3.63) is 51.4 Å². The van der Waals surface area contributed by atoms with E-state index in [1.165, 1.54) is 23.1 Å². The summed E-state index contributed by atoms with van der Waals surface area (Å²) >= 11 is 14.0. The van der Waals surface area contributed by atoms with Crippen LogP contribution >= 0.6 is 46.9 Å². The lowest BCUT2D eigenvalue weighted by Crippen LogP contribution is -2.22. The highest BCUT2D eigenvalue weighted by Crippen LogP contribution is 2.30. The summed E-state index contributed by atoms with van der Waals surface area (Å²) in [7, 11) is 3.12. The molecular weight excluding hydrogens is 450 g/mol. The first kappa shape index (κ1) is 21.6. The fraction of sp³-hybridized carbons (Fsp3) is 0.211. The molecule has 0 saturated carbocycles. The lowest BCUT2D eigenvalue weighted by Gasteiger charge is -2.12. The number of ether oxygens (including phenoxy) is 2. The number of hydrogen-bond donors (Lipinski definition) is 1. The average molecular weight is 468 g/mol. The van der Waals surface area contributed by atoms with Crippen LogP contribution < -0.4 is 14.8 Å². The van der Waals surface area contributed by atoms with E-state index in [1.807, 2.05) is 19.1 Å². The fourth-order valence-corrected chi connectivity index (χ4v) is 5.01. The van der Waals surface area contributed by atoms with E-state index in [-0.39, 0.29) is 11.2 Å². The van der Waals surface area contributed by atoms with Crippen LogP contribution in [0.1, 0.15) is 6.92 Å². The quantitative estimate of drug-likeness (QED) is 0.368. The van der Waals surface area contributed by atoms with Crippen molar-refractivity contribution in [1.82, 2.24) is 9.78 Å². The van der Waals surface area contributed by atoms with Gasteiger partial charge in [-0.2, -0.15) is 0 Å². The molecule has 0 aliphatic rings. The molecule has 3 aromatic rings. The van der Waals surface area contributed by atoms with Gasteiger partial charge in [0, 0.05) is 28.9 Å². The number of halogens is 1. The summed E-state index contributed by atoms with van der Waals surface area (Å²) in [4.78, 5) is 12.6. The van der Waals surface area contributed by atoms with Gasteiger partial charge in [0.05, 0.1) is 25.2 Å². The molecule has 3 rings (SSSR count). The number of hydrogen-bond acceptors (Lipinski definition) is 7. The highest BCUT2D eigenvalue weighted by molar-refractivity contribution is 8.02. The molecular formula is C19H18ClN3O3S3. The maximum Gasteiger partial charge on any atom is 0.237 e. The SMILES string of the molecule is COc1cc(NC(=O)C(C)Sc2nn(-c3ccc(Cl)cc3)c(=S)s2)cc(OC)c1. The monoisotopic (exact) mass is 467 g/mol. The molecule has 1 N–H and O–H groups in total. The first-order valence-electron chi connectivity index (χ1n) is 8.46. The Morgan fingerprint density at radius 2 is 1.83 bits per heavy atom. The second-order valence-electron chi connectivity index (χ2n) is 5.87. The van der Waals surface area contributed by atoms with E-state index in [2.05, 4.69) is 10.4 Å². The maximum atomic E-state index is 12.6. The lowest BCUT2D eigenvalue weighted by molar-refractivity contribution is -0.115. The molecule has 152 valence electrons. The Labute approximate surface area is 186 Å². The van der Waals surface area contributed by atoms with Crippen molar-refractivity contribution < 1.29 is 14.3 Å². The van der Waals surface area contributed by atoms with Gasteiger partial charge in [-0.15, -0.1) is 5.10 Å². The van der Waals surface area contributed by atoms with E-state index in [9.17, 15) is 4.79 Å². The van der Waals surface area contributed by atoms with E-state index < -0.39 is 0 Å². The Morgan fingerprint density at radius 3 is 2.41 bits per heavy atom. The largest absolute Gasteiger partial charge is 0.497 e. The molecule has 1 heterocycles. The third kappa shape index (κ3) is 5.51. The second-order valence-corrected chi connectivity index (χ2v) is 9.52. The Bertz CT molecular complexity index is 1040. The summed E-state index contributed by atoms with van der Waals surface area (Å²) in [6.45, 7) is 1.81. The predicted molar refractivity (Wildman–Crippen MR) is 121 cm³/mol. The number of carbonyl (C=O) groups excluding carboxylic acids is 1. The van der Waals surface area contributed by atoms with Crippen LogP contribution in [0, 0.1) is 3.95 Å². The molecule has 0 aliphatic carbocycles. The molecule has 1 aromatic heterocycles. The number of rotatable bonds is 7. The Hall–Kier alpha value is -2.07. The summed E-state index contributed by atoms with van der Waals surface area (Å²) in [5.74, 6) is 1.03. The van der Waals surface area contributed by atoms with Crippen LogP contribution in [-0.2, 0) is 4.79 Å². The van der Waals surface area contributed by atoms with Crippen LogP contribution in [0.25, 0.3) is 5.69 Å². The smallest absolute Gasteiger partial charge is 0.237 e. The van der Waals surface area contributed by atoms with Crippen LogP contribution in [0.4, 0.5) is 5.69 Å². The molecule has 1 unspecified atom stereocenters.